The number of rotatable bonds is 1. The summed E-state index contributed by atoms with van der Waals surface area (Å²) in [6.07, 6.45) is 0. The molecular formula is C14H18N4O. The van der Waals surface area contributed by atoms with Gasteiger partial charge in [-0.25, -0.2) is 0 Å². The number of amides is 1. The lowest BCUT2D eigenvalue weighted by Gasteiger charge is -2.36. The molecule has 0 bridgehead atoms. The van der Waals surface area contributed by atoms with E-state index in [0.717, 1.165) is 30.2 Å². The Hall–Kier alpha value is -2.09. The number of pyridine rings is 1. The number of piperazine rings is 1. The van der Waals surface area contributed by atoms with Crippen LogP contribution in [0.3, 0.4) is 0 Å². The molecule has 19 heavy (non-hydrogen) atoms. The summed E-state index contributed by atoms with van der Waals surface area (Å²) >= 11 is 0. The van der Waals surface area contributed by atoms with Crippen molar-refractivity contribution in [2.24, 2.45) is 0 Å². The lowest BCUT2D eigenvalue weighted by atomic mass is 10.1. The highest BCUT2D eigenvalue weighted by atomic mass is 16.2. The third-order valence-electron chi connectivity index (χ3n) is 3.49. The predicted octanol–water partition coefficient (Wildman–Crippen LogP) is 1.24. The highest BCUT2D eigenvalue weighted by molar-refractivity contribution is 5.73. The Balaban J connectivity index is 2.25. The second-order valence-corrected chi connectivity index (χ2v) is 4.85. The van der Waals surface area contributed by atoms with Gasteiger partial charge in [0, 0.05) is 38.8 Å². The highest BCUT2D eigenvalue weighted by Crippen LogP contribution is 2.24. The van der Waals surface area contributed by atoms with Crippen LogP contribution in [0.1, 0.15) is 23.9 Å². The summed E-state index contributed by atoms with van der Waals surface area (Å²) in [5, 5.41) is 9.28. The van der Waals surface area contributed by atoms with Crippen molar-refractivity contribution >= 4 is 11.6 Å². The SMILES string of the molecule is CC(=O)N1CCN(c2cc(C)nc(C)c2C#N)CC1. The van der Waals surface area contributed by atoms with Gasteiger partial charge in [0.15, 0.2) is 0 Å². The van der Waals surface area contributed by atoms with E-state index in [9.17, 15) is 10.1 Å². The lowest BCUT2D eigenvalue weighted by Crippen LogP contribution is -2.48. The van der Waals surface area contributed by atoms with Crippen molar-refractivity contribution in [3.63, 3.8) is 0 Å². The summed E-state index contributed by atoms with van der Waals surface area (Å²) in [6.45, 7) is 8.33. The fourth-order valence-corrected chi connectivity index (χ4v) is 2.46. The molecule has 1 aliphatic rings. The van der Waals surface area contributed by atoms with Crippen LogP contribution in [0, 0.1) is 25.2 Å². The number of hydrogen-bond donors (Lipinski definition) is 0. The molecule has 1 amide bonds. The first-order chi connectivity index (χ1) is 9.02. The molecule has 1 aliphatic heterocycles. The molecule has 0 saturated carbocycles. The van der Waals surface area contributed by atoms with Crippen LogP contribution in [0.2, 0.25) is 0 Å². The van der Waals surface area contributed by atoms with Gasteiger partial charge in [0.05, 0.1) is 16.9 Å². The van der Waals surface area contributed by atoms with Gasteiger partial charge in [-0.05, 0) is 19.9 Å². The zero-order chi connectivity index (χ0) is 14.0. The zero-order valence-electron chi connectivity index (χ0n) is 11.6. The van der Waals surface area contributed by atoms with Gasteiger partial charge < -0.3 is 9.80 Å². The van der Waals surface area contributed by atoms with Crippen molar-refractivity contribution in [3.05, 3.63) is 23.0 Å². The van der Waals surface area contributed by atoms with Crippen LogP contribution in [0.25, 0.3) is 0 Å². The zero-order valence-corrected chi connectivity index (χ0v) is 11.6. The van der Waals surface area contributed by atoms with E-state index in [4.69, 9.17) is 0 Å². The van der Waals surface area contributed by atoms with Crippen molar-refractivity contribution in [1.82, 2.24) is 9.88 Å². The van der Waals surface area contributed by atoms with Crippen molar-refractivity contribution < 1.29 is 4.79 Å². The molecule has 0 N–H and O–H groups in total. The second kappa shape index (κ2) is 5.27. The minimum Gasteiger partial charge on any atom is -0.367 e. The summed E-state index contributed by atoms with van der Waals surface area (Å²) in [6, 6.07) is 4.19. The molecule has 0 radical (unpaired) electrons. The Kier molecular flexibility index (Phi) is 3.70. The third-order valence-corrected chi connectivity index (χ3v) is 3.49. The van der Waals surface area contributed by atoms with E-state index in [1.807, 2.05) is 24.8 Å². The van der Waals surface area contributed by atoms with E-state index in [0.29, 0.717) is 18.7 Å². The predicted molar refractivity (Wildman–Crippen MR) is 72.9 cm³/mol. The van der Waals surface area contributed by atoms with Crippen molar-refractivity contribution in [3.8, 4) is 6.07 Å². The summed E-state index contributed by atoms with van der Waals surface area (Å²) in [7, 11) is 0. The number of hydrogen-bond acceptors (Lipinski definition) is 4. The Labute approximate surface area is 113 Å². The Morgan fingerprint density at radius 3 is 2.47 bits per heavy atom. The molecule has 1 aromatic rings. The minimum absolute atomic E-state index is 0.113. The number of aromatic nitrogens is 1. The molecule has 1 saturated heterocycles. The Morgan fingerprint density at radius 1 is 1.32 bits per heavy atom. The van der Waals surface area contributed by atoms with Crippen LogP contribution >= 0.6 is 0 Å². The summed E-state index contributed by atoms with van der Waals surface area (Å²) in [5.74, 6) is 0.113. The molecule has 5 heteroatoms. The van der Waals surface area contributed by atoms with Crippen LogP contribution in [0.15, 0.2) is 6.07 Å². The molecule has 0 aliphatic carbocycles. The Morgan fingerprint density at radius 2 is 1.95 bits per heavy atom. The first kappa shape index (κ1) is 13.3. The van der Waals surface area contributed by atoms with Gasteiger partial charge in [-0.2, -0.15) is 5.26 Å². The van der Waals surface area contributed by atoms with Crippen molar-refractivity contribution in [2.75, 3.05) is 31.1 Å². The second-order valence-electron chi connectivity index (χ2n) is 4.85. The average Bonchev–Trinajstić information content (AvgIpc) is 2.38. The summed E-state index contributed by atoms with van der Waals surface area (Å²) < 4.78 is 0. The fourth-order valence-electron chi connectivity index (χ4n) is 2.46. The summed E-state index contributed by atoms with van der Waals surface area (Å²) in [4.78, 5) is 19.7. The first-order valence-electron chi connectivity index (χ1n) is 6.41. The first-order valence-corrected chi connectivity index (χ1v) is 6.41. The van der Waals surface area contributed by atoms with E-state index >= 15 is 0 Å². The molecule has 0 unspecified atom stereocenters. The minimum atomic E-state index is 0.113. The van der Waals surface area contributed by atoms with Crippen molar-refractivity contribution in [2.45, 2.75) is 20.8 Å². The number of anilines is 1. The Bertz CT molecular complexity index is 539. The van der Waals surface area contributed by atoms with Gasteiger partial charge >= 0.3 is 0 Å². The van der Waals surface area contributed by atoms with Gasteiger partial charge in [0.25, 0.3) is 0 Å². The molecular weight excluding hydrogens is 240 g/mol. The molecule has 0 atom stereocenters. The average molecular weight is 258 g/mol. The van der Waals surface area contributed by atoms with E-state index in [-0.39, 0.29) is 5.91 Å². The molecule has 5 nitrogen and oxygen atoms in total. The summed E-state index contributed by atoms with van der Waals surface area (Å²) in [5.41, 5.74) is 3.27. The van der Waals surface area contributed by atoms with Crippen LogP contribution in [0.5, 0.6) is 0 Å². The van der Waals surface area contributed by atoms with E-state index in [1.165, 1.54) is 0 Å². The van der Waals surface area contributed by atoms with Gasteiger partial charge in [0.1, 0.15) is 6.07 Å². The maximum absolute atomic E-state index is 11.3. The maximum atomic E-state index is 11.3. The van der Waals surface area contributed by atoms with Crippen LogP contribution < -0.4 is 4.90 Å². The molecule has 1 aromatic heterocycles. The van der Waals surface area contributed by atoms with Gasteiger partial charge in [-0.3, -0.25) is 9.78 Å². The topological polar surface area (TPSA) is 60.2 Å². The quantitative estimate of drug-likeness (QED) is 0.760. The van der Waals surface area contributed by atoms with E-state index in [1.54, 1.807) is 6.92 Å². The molecule has 1 fully saturated rings. The van der Waals surface area contributed by atoms with Gasteiger partial charge in [-0.15, -0.1) is 0 Å². The van der Waals surface area contributed by atoms with Crippen LogP contribution in [-0.4, -0.2) is 42.0 Å². The largest absolute Gasteiger partial charge is 0.367 e. The van der Waals surface area contributed by atoms with Crippen LogP contribution in [-0.2, 0) is 4.79 Å². The number of nitrogens with zero attached hydrogens (tertiary/aromatic N) is 4. The monoisotopic (exact) mass is 258 g/mol. The number of carbonyl (C=O) groups is 1. The van der Waals surface area contributed by atoms with Crippen LogP contribution in [0.4, 0.5) is 5.69 Å². The molecule has 0 aromatic carbocycles. The number of carbonyl (C=O) groups excluding carboxylic acids is 1. The van der Waals surface area contributed by atoms with Gasteiger partial charge in [0.2, 0.25) is 5.91 Å². The molecule has 0 spiro atoms. The molecule has 2 heterocycles. The smallest absolute Gasteiger partial charge is 0.219 e. The normalized spacial score (nSPS) is 15.3. The number of aryl methyl sites for hydroxylation is 2. The standard InChI is InChI=1S/C14H18N4O/c1-10-8-14(13(9-15)11(2)16-10)18-6-4-17(5-7-18)12(3)19/h8H,4-7H2,1-3H3. The maximum Gasteiger partial charge on any atom is 0.219 e. The van der Waals surface area contributed by atoms with Crippen molar-refractivity contribution in [1.29, 1.82) is 5.26 Å². The lowest BCUT2D eigenvalue weighted by molar-refractivity contribution is -0.129. The van der Waals surface area contributed by atoms with E-state index < -0.39 is 0 Å². The molecule has 100 valence electrons. The fraction of sp³-hybridized carbons (Fsp3) is 0.500. The van der Waals surface area contributed by atoms with Gasteiger partial charge in [-0.1, -0.05) is 0 Å². The third kappa shape index (κ3) is 2.68. The highest BCUT2D eigenvalue weighted by Gasteiger charge is 2.21. The molecule has 2 rings (SSSR count). The van der Waals surface area contributed by atoms with E-state index in [2.05, 4.69) is 16.0 Å². The number of nitriles is 1.